The minimum Gasteiger partial charge on any atom is -0.408 e. The van der Waals surface area contributed by atoms with Gasteiger partial charge >= 0.3 is 5.76 Å². The zero-order valence-corrected chi connectivity index (χ0v) is 10.8. The Morgan fingerprint density at radius 2 is 1.95 bits per heavy atom. The Kier molecular flexibility index (Phi) is 2.87. The summed E-state index contributed by atoms with van der Waals surface area (Å²) in [4.78, 5) is 26.1. The maximum Gasteiger partial charge on any atom is 0.417 e. The third-order valence-electron chi connectivity index (χ3n) is 3.09. The van der Waals surface area contributed by atoms with Crippen LogP contribution in [0.4, 0.5) is 5.69 Å². The first-order valence-electron chi connectivity index (χ1n) is 6.13. The monoisotopic (exact) mass is 268 g/mol. The number of hydrogen-bond acceptors (Lipinski definition) is 4. The van der Waals surface area contributed by atoms with Gasteiger partial charge < -0.3 is 9.73 Å². The summed E-state index contributed by atoms with van der Waals surface area (Å²) in [6.07, 6.45) is 0. The van der Waals surface area contributed by atoms with Crippen LogP contribution in [-0.2, 0) is 0 Å². The number of benzene rings is 2. The molecule has 0 unspecified atom stereocenters. The number of oxazole rings is 1. The number of anilines is 1. The van der Waals surface area contributed by atoms with E-state index in [1.807, 2.05) is 12.1 Å². The van der Waals surface area contributed by atoms with Crippen molar-refractivity contribution >= 4 is 22.6 Å². The Morgan fingerprint density at radius 3 is 2.75 bits per heavy atom. The molecule has 100 valence electrons. The summed E-state index contributed by atoms with van der Waals surface area (Å²) in [6.45, 7) is 0. The molecule has 5 heteroatoms. The summed E-state index contributed by atoms with van der Waals surface area (Å²) in [5.41, 5.74) is 2.92. The Bertz CT molecular complexity index is 845. The average molecular weight is 268 g/mol. The molecule has 0 aliphatic heterocycles. The number of nitrogens with one attached hydrogen (secondary N) is 2. The quantitative estimate of drug-likeness (QED) is 0.715. The van der Waals surface area contributed by atoms with Gasteiger partial charge in [0.15, 0.2) is 11.4 Å². The van der Waals surface area contributed by atoms with Crippen molar-refractivity contribution < 1.29 is 9.21 Å². The predicted octanol–water partition coefficient (Wildman–Crippen LogP) is 2.39. The number of H-pyrrole nitrogens is 1. The maximum absolute atomic E-state index is 12.4. The van der Waals surface area contributed by atoms with E-state index in [2.05, 4.69) is 10.3 Å². The summed E-state index contributed by atoms with van der Waals surface area (Å²) in [5.74, 6) is -0.632. The molecule has 1 heterocycles. The average Bonchev–Trinajstić information content (AvgIpc) is 2.85. The van der Waals surface area contributed by atoms with E-state index in [1.54, 1.807) is 37.4 Å². The minimum absolute atomic E-state index is 0.106. The Hall–Kier alpha value is -2.82. The summed E-state index contributed by atoms with van der Waals surface area (Å²) in [5, 5.41) is 2.99. The molecule has 0 radical (unpaired) electrons. The molecular weight excluding hydrogens is 256 g/mol. The van der Waals surface area contributed by atoms with Crippen LogP contribution in [0.3, 0.4) is 0 Å². The molecule has 0 aliphatic rings. The standard InChI is InChI=1S/C15H12N2O3/c1-16-11-4-2-3-9(7-11)14(18)10-5-6-13-12(8-10)17-15(19)20-13/h2-8,16H,1H3,(H,17,19). The van der Waals surface area contributed by atoms with Crippen molar-refractivity contribution in [2.24, 2.45) is 0 Å². The smallest absolute Gasteiger partial charge is 0.408 e. The van der Waals surface area contributed by atoms with Crippen LogP contribution in [0.2, 0.25) is 0 Å². The minimum atomic E-state index is -0.526. The number of aromatic nitrogens is 1. The molecule has 20 heavy (non-hydrogen) atoms. The van der Waals surface area contributed by atoms with Gasteiger partial charge in [0, 0.05) is 23.9 Å². The van der Waals surface area contributed by atoms with Crippen LogP contribution in [0.1, 0.15) is 15.9 Å². The van der Waals surface area contributed by atoms with E-state index in [9.17, 15) is 9.59 Å². The molecular formula is C15H12N2O3. The highest BCUT2D eigenvalue weighted by Gasteiger charge is 2.11. The first kappa shape index (κ1) is 12.2. The fraction of sp³-hybridized carbons (Fsp3) is 0.0667. The van der Waals surface area contributed by atoms with E-state index in [0.29, 0.717) is 22.2 Å². The summed E-state index contributed by atoms with van der Waals surface area (Å²) >= 11 is 0. The molecule has 0 saturated heterocycles. The van der Waals surface area contributed by atoms with Gasteiger partial charge in [-0.25, -0.2) is 4.79 Å². The molecule has 0 fully saturated rings. The Balaban J connectivity index is 2.04. The van der Waals surface area contributed by atoms with Crippen LogP contribution in [0.15, 0.2) is 51.7 Å². The number of carbonyl (C=O) groups is 1. The van der Waals surface area contributed by atoms with Crippen molar-refractivity contribution in [1.82, 2.24) is 4.98 Å². The zero-order chi connectivity index (χ0) is 14.1. The molecule has 0 saturated carbocycles. The summed E-state index contributed by atoms with van der Waals surface area (Å²) < 4.78 is 4.91. The summed E-state index contributed by atoms with van der Waals surface area (Å²) in [6, 6.07) is 12.1. The van der Waals surface area contributed by atoms with Crippen molar-refractivity contribution in [3.63, 3.8) is 0 Å². The fourth-order valence-corrected chi connectivity index (χ4v) is 2.08. The van der Waals surface area contributed by atoms with Gasteiger partial charge in [0.25, 0.3) is 0 Å². The van der Waals surface area contributed by atoms with E-state index < -0.39 is 5.76 Å². The fourth-order valence-electron chi connectivity index (χ4n) is 2.08. The SMILES string of the molecule is CNc1cccc(C(=O)c2ccc3oc(=O)[nH]c3c2)c1. The van der Waals surface area contributed by atoms with E-state index in [4.69, 9.17) is 4.42 Å². The third kappa shape index (κ3) is 2.09. The van der Waals surface area contributed by atoms with Gasteiger partial charge in [0.05, 0.1) is 5.52 Å². The largest absolute Gasteiger partial charge is 0.417 e. The van der Waals surface area contributed by atoms with Crippen LogP contribution < -0.4 is 11.1 Å². The third-order valence-corrected chi connectivity index (χ3v) is 3.09. The lowest BCUT2D eigenvalue weighted by Gasteiger charge is -2.04. The van der Waals surface area contributed by atoms with Crippen LogP contribution in [-0.4, -0.2) is 17.8 Å². The van der Waals surface area contributed by atoms with Gasteiger partial charge in [0.1, 0.15) is 0 Å². The number of rotatable bonds is 3. The van der Waals surface area contributed by atoms with E-state index >= 15 is 0 Å². The zero-order valence-electron chi connectivity index (χ0n) is 10.8. The van der Waals surface area contributed by atoms with Crippen molar-refractivity contribution in [3.8, 4) is 0 Å². The van der Waals surface area contributed by atoms with Gasteiger partial charge in [-0.3, -0.25) is 9.78 Å². The van der Waals surface area contributed by atoms with Gasteiger partial charge in [0.2, 0.25) is 0 Å². The van der Waals surface area contributed by atoms with E-state index in [-0.39, 0.29) is 5.78 Å². The normalized spacial score (nSPS) is 10.7. The van der Waals surface area contributed by atoms with Crippen LogP contribution in [0, 0.1) is 0 Å². The number of hydrogen-bond donors (Lipinski definition) is 2. The second-order valence-corrected chi connectivity index (χ2v) is 4.39. The highest BCUT2D eigenvalue weighted by atomic mass is 16.4. The Morgan fingerprint density at radius 1 is 1.15 bits per heavy atom. The van der Waals surface area contributed by atoms with Crippen LogP contribution in [0.25, 0.3) is 11.1 Å². The van der Waals surface area contributed by atoms with Crippen molar-refractivity contribution in [3.05, 3.63) is 64.1 Å². The molecule has 0 spiro atoms. The summed E-state index contributed by atoms with van der Waals surface area (Å²) in [7, 11) is 1.80. The highest BCUT2D eigenvalue weighted by Crippen LogP contribution is 2.18. The molecule has 5 nitrogen and oxygen atoms in total. The lowest BCUT2D eigenvalue weighted by Crippen LogP contribution is -2.02. The van der Waals surface area contributed by atoms with Crippen LogP contribution >= 0.6 is 0 Å². The molecule has 0 bridgehead atoms. The molecule has 3 rings (SSSR count). The second kappa shape index (κ2) is 4.70. The molecule has 0 atom stereocenters. The number of carbonyl (C=O) groups excluding carboxylic acids is 1. The molecule has 0 amide bonds. The first-order chi connectivity index (χ1) is 9.67. The topological polar surface area (TPSA) is 75.1 Å². The lowest BCUT2D eigenvalue weighted by atomic mass is 10.0. The first-order valence-corrected chi connectivity index (χ1v) is 6.13. The molecule has 3 aromatic rings. The van der Waals surface area contributed by atoms with Gasteiger partial charge in [-0.05, 0) is 30.3 Å². The van der Waals surface area contributed by atoms with Gasteiger partial charge in [-0.15, -0.1) is 0 Å². The molecule has 2 aromatic carbocycles. The maximum atomic E-state index is 12.4. The number of fused-ring (bicyclic) bond motifs is 1. The Labute approximate surface area is 114 Å². The van der Waals surface area contributed by atoms with Gasteiger partial charge in [-0.2, -0.15) is 0 Å². The van der Waals surface area contributed by atoms with Crippen LogP contribution in [0.5, 0.6) is 0 Å². The van der Waals surface area contributed by atoms with E-state index in [1.165, 1.54) is 0 Å². The molecule has 0 aliphatic carbocycles. The van der Waals surface area contributed by atoms with Crippen molar-refractivity contribution in [2.45, 2.75) is 0 Å². The van der Waals surface area contributed by atoms with Crippen molar-refractivity contribution in [1.29, 1.82) is 0 Å². The van der Waals surface area contributed by atoms with Gasteiger partial charge in [-0.1, -0.05) is 12.1 Å². The van der Waals surface area contributed by atoms with E-state index in [0.717, 1.165) is 5.69 Å². The number of aromatic amines is 1. The molecule has 2 N–H and O–H groups in total. The highest BCUT2D eigenvalue weighted by molar-refractivity contribution is 6.10. The lowest BCUT2D eigenvalue weighted by molar-refractivity contribution is 0.103. The molecule has 1 aromatic heterocycles. The predicted molar refractivity (Wildman–Crippen MR) is 76.3 cm³/mol. The van der Waals surface area contributed by atoms with Crippen molar-refractivity contribution in [2.75, 3.05) is 12.4 Å². The second-order valence-electron chi connectivity index (χ2n) is 4.39. The number of ketones is 1.